The maximum Gasteiger partial charge on any atom is 0.358 e. The Balaban J connectivity index is 1.41. The third kappa shape index (κ3) is 4.94. The zero-order valence-electron chi connectivity index (χ0n) is 29.9. The molecule has 8 unspecified atom stereocenters. The molecular weight excluding hydrogens is 662 g/mol. The second-order valence-corrected chi connectivity index (χ2v) is 14.4. The van der Waals surface area contributed by atoms with Crippen molar-refractivity contribution in [2.24, 2.45) is 23.7 Å². The number of benzene rings is 1. The number of nitrogens with one attached hydrogen (secondary N) is 1. The highest BCUT2D eigenvalue weighted by Gasteiger charge is 2.87. The fourth-order valence-electron chi connectivity index (χ4n) is 10.3. The lowest BCUT2D eigenvalue weighted by atomic mass is 9.73. The third-order valence-electron chi connectivity index (χ3n) is 12.4. The standard InChI is InChI=1S/C36H49N5O10/c1-6-50-32(44)35-36(33(45)51-7-2)40-19-24-27(48-4)15-16-28(49-5)29(24)31(43)41(36)20-38(35)17-22-23(18-39(35)34(40)46)26(47-3)14-13-25(22)37-30(42)21-11-9-8-10-12-21/h8-12,22-29H,6-7,13-20H2,1-5H3,(H,37,42)/t22?,23?,24?,25?,26?,27?,28?,29?,35-,36-/m1/s1. The van der Waals surface area contributed by atoms with Gasteiger partial charge in [0.25, 0.3) is 17.2 Å². The van der Waals surface area contributed by atoms with E-state index in [9.17, 15) is 14.4 Å². The fraction of sp³-hybridized carbons (Fsp3) is 0.694. The number of methoxy groups -OCH3 is 3. The Labute approximate surface area is 297 Å². The van der Waals surface area contributed by atoms with Crippen LogP contribution < -0.4 is 5.32 Å². The Morgan fingerprint density at radius 1 is 0.725 bits per heavy atom. The van der Waals surface area contributed by atoms with Gasteiger partial charge in [-0.25, -0.2) is 19.3 Å². The molecule has 1 aromatic rings. The first kappa shape index (κ1) is 35.6. The summed E-state index contributed by atoms with van der Waals surface area (Å²) in [5, 5.41) is 3.23. The molecule has 278 valence electrons. The summed E-state index contributed by atoms with van der Waals surface area (Å²) in [7, 11) is 4.76. The first-order chi connectivity index (χ1) is 24.6. The fourth-order valence-corrected chi connectivity index (χ4v) is 10.3. The van der Waals surface area contributed by atoms with Crippen molar-refractivity contribution in [2.75, 3.05) is 60.8 Å². The summed E-state index contributed by atoms with van der Waals surface area (Å²) in [6, 6.07) is 7.99. The van der Waals surface area contributed by atoms with Crippen molar-refractivity contribution >= 4 is 29.8 Å². The number of ether oxygens (including phenoxy) is 5. The zero-order valence-corrected chi connectivity index (χ0v) is 29.9. The first-order valence-corrected chi connectivity index (χ1v) is 18.1. The summed E-state index contributed by atoms with van der Waals surface area (Å²) < 4.78 is 29.4. The number of fused-ring (bicyclic) bond motifs is 2. The van der Waals surface area contributed by atoms with E-state index in [0.29, 0.717) is 31.2 Å². The number of esters is 2. The summed E-state index contributed by atoms with van der Waals surface area (Å²) in [5.41, 5.74) is -3.79. The predicted molar refractivity (Wildman–Crippen MR) is 178 cm³/mol. The van der Waals surface area contributed by atoms with Crippen LogP contribution in [0.3, 0.4) is 0 Å². The molecule has 2 saturated carbocycles. The van der Waals surface area contributed by atoms with E-state index in [4.69, 9.17) is 23.7 Å². The molecule has 6 fully saturated rings. The molecule has 51 heavy (non-hydrogen) atoms. The molecule has 10 atom stereocenters. The first-order valence-electron chi connectivity index (χ1n) is 18.1. The average Bonchev–Trinajstić information content (AvgIpc) is 3.41. The van der Waals surface area contributed by atoms with Crippen LogP contribution in [0.25, 0.3) is 0 Å². The Hall–Kier alpha value is -3.79. The molecule has 6 aliphatic rings. The summed E-state index contributed by atoms with van der Waals surface area (Å²) >= 11 is 0. The van der Waals surface area contributed by atoms with E-state index >= 15 is 9.59 Å². The van der Waals surface area contributed by atoms with Crippen LogP contribution in [0.15, 0.2) is 30.3 Å². The number of rotatable bonds is 9. The molecule has 1 N–H and O–H groups in total. The highest BCUT2D eigenvalue weighted by atomic mass is 16.6. The van der Waals surface area contributed by atoms with Gasteiger partial charge in [-0.15, -0.1) is 0 Å². The predicted octanol–water partition coefficient (Wildman–Crippen LogP) is 1.27. The van der Waals surface area contributed by atoms with Gasteiger partial charge in [-0.2, -0.15) is 0 Å². The minimum Gasteiger partial charge on any atom is -0.463 e. The number of urea groups is 1. The highest BCUT2D eigenvalue weighted by Crippen LogP contribution is 2.58. The van der Waals surface area contributed by atoms with Gasteiger partial charge in [0, 0.05) is 64.4 Å². The van der Waals surface area contributed by atoms with Gasteiger partial charge >= 0.3 is 18.0 Å². The monoisotopic (exact) mass is 711 g/mol. The number of hydrogen-bond acceptors (Lipinski definition) is 11. The Kier molecular flexibility index (Phi) is 9.52. The molecule has 0 radical (unpaired) electrons. The Bertz CT molecular complexity index is 1550. The van der Waals surface area contributed by atoms with Crippen molar-refractivity contribution in [1.82, 2.24) is 24.9 Å². The molecule has 1 aromatic carbocycles. The highest BCUT2D eigenvalue weighted by molar-refractivity contribution is 6.06. The molecule has 0 spiro atoms. The maximum atomic E-state index is 15.2. The van der Waals surface area contributed by atoms with Crippen LogP contribution in [0.5, 0.6) is 0 Å². The van der Waals surface area contributed by atoms with E-state index in [1.54, 1.807) is 64.3 Å². The molecule has 2 aliphatic carbocycles. The van der Waals surface area contributed by atoms with E-state index in [-0.39, 0.29) is 69.4 Å². The van der Waals surface area contributed by atoms with Crippen molar-refractivity contribution in [3.63, 3.8) is 0 Å². The summed E-state index contributed by atoms with van der Waals surface area (Å²) in [6.45, 7) is 3.16. The van der Waals surface area contributed by atoms with Gasteiger partial charge < -0.3 is 29.0 Å². The number of carbonyl (C=O) groups excluding carboxylic acids is 5. The summed E-state index contributed by atoms with van der Waals surface area (Å²) in [5.74, 6) is -4.31. The molecule has 4 amide bonds. The van der Waals surface area contributed by atoms with Crippen molar-refractivity contribution < 1.29 is 47.7 Å². The minimum absolute atomic E-state index is 0.0111. The van der Waals surface area contributed by atoms with Crippen molar-refractivity contribution in [3.05, 3.63) is 35.9 Å². The maximum absolute atomic E-state index is 15.2. The van der Waals surface area contributed by atoms with E-state index in [0.717, 1.165) is 0 Å². The lowest BCUT2D eigenvalue weighted by molar-refractivity contribution is -0.190. The number of hydrogen-bond donors (Lipinski definition) is 1. The lowest BCUT2D eigenvalue weighted by Crippen LogP contribution is -2.76. The van der Waals surface area contributed by atoms with Crippen molar-refractivity contribution in [3.8, 4) is 0 Å². The van der Waals surface area contributed by atoms with Crippen LogP contribution in [-0.4, -0.2) is 146 Å². The van der Waals surface area contributed by atoms with Gasteiger partial charge in [-0.05, 0) is 57.6 Å². The molecule has 4 heterocycles. The Morgan fingerprint density at radius 2 is 1.29 bits per heavy atom. The van der Waals surface area contributed by atoms with Crippen LogP contribution in [0, 0.1) is 23.7 Å². The van der Waals surface area contributed by atoms with Crippen molar-refractivity contribution in [1.29, 1.82) is 0 Å². The van der Waals surface area contributed by atoms with Gasteiger partial charge in [0.1, 0.15) is 0 Å². The lowest BCUT2D eigenvalue weighted by Gasteiger charge is -2.44. The van der Waals surface area contributed by atoms with E-state index in [1.165, 1.54) is 14.7 Å². The van der Waals surface area contributed by atoms with E-state index in [1.807, 2.05) is 6.07 Å². The molecule has 4 aliphatic heterocycles. The molecule has 4 saturated heterocycles. The smallest absolute Gasteiger partial charge is 0.358 e. The number of nitrogens with zero attached hydrogens (tertiary/aromatic N) is 4. The van der Waals surface area contributed by atoms with Gasteiger partial charge in [0.2, 0.25) is 5.91 Å². The van der Waals surface area contributed by atoms with Crippen LogP contribution >= 0.6 is 0 Å². The molecule has 0 aromatic heterocycles. The van der Waals surface area contributed by atoms with E-state index < -0.39 is 59.2 Å². The molecular formula is C36H49N5O10. The molecule has 15 nitrogen and oxygen atoms in total. The van der Waals surface area contributed by atoms with Gasteiger partial charge in [-0.3, -0.25) is 24.3 Å². The van der Waals surface area contributed by atoms with Crippen LogP contribution in [0.4, 0.5) is 4.79 Å². The van der Waals surface area contributed by atoms with Crippen LogP contribution in [0.2, 0.25) is 0 Å². The minimum atomic E-state index is -2.21. The van der Waals surface area contributed by atoms with Gasteiger partial charge in [0.15, 0.2) is 0 Å². The largest absolute Gasteiger partial charge is 0.463 e. The van der Waals surface area contributed by atoms with Crippen LogP contribution in [0.1, 0.15) is 49.9 Å². The second kappa shape index (κ2) is 13.6. The number of carbonyl (C=O) groups is 5. The van der Waals surface area contributed by atoms with E-state index in [2.05, 4.69) is 5.32 Å². The van der Waals surface area contributed by atoms with Crippen molar-refractivity contribution in [2.45, 2.75) is 75.2 Å². The van der Waals surface area contributed by atoms with Crippen LogP contribution in [-0.2, 0) is 38.1 Å². The number of amides is 4. The average molecular weight is 712 g/mol. The normalized spacial score (nSPS) is 37.2. The molecule has 7 rings (SSSR count). The SMILES string of the molecule is CCOC(=O)[C@]12N3CN4CC5C(NC(=O)c6ccccc6)CCC(OC)C5CN(C(=O)N1CC1C(OC)CCC(OC)C1C3=O)[C@@]42C(=O)OCC. The zero-order chi connectivity index (χ0) is 36.2. The quantitative estimate of drug-likeness (QED) is 0.368. The van der Waals surface area contributed by atoms with Gasteiger partial charge in [-0.1, -0.05) is 18.2 Å². The third-order valence-corrected chi connectivity index (χ3v) is 12.4. The molecule has 15 heteroatoms. The summed E-state index contributed by atoms with van der Waals surface area (Å²) in [6.07, 6.45) is 1.10. The Morgan fingerprint density at radius 3 is 1.94 bits per heavy atom. The molecule has 0 bridgehead atoms. The topological polar surface area (TPSA) is 156 Å². The second-order valence-electron chi connectivity index (χ2n) is 14.4. The summed E-state index contributed by atoms with van der Waals surface area (Å²) in [4.78, 5) is 79.6. The van der Waals surface area contributed by atoms with Gasteiger partial charge in [0.05, 0.1) is 44.1 Å².